The molecule has 0 bridgehead atoms. The summed E-state index contributed by atoms with van der Waals surface area (Å²) in [5.41, 5.74) is 4.30. The monoisotopic (exact) mass is 474 g/mol. The Balaban J connectivity index is 1.52. The normalized spacial score (nSPS) is 15.4. The second-order valence-electron chi connectivity index (χ2n) is 8.21. The van der Waals surface area contributed by atoms with Gasteiger partial charge in [-0.15, -0.1) is 11.8 Å². The Hall–Kier alpha value is -3.25. The number of para-hydroxylation sites is 2. The molecule has 0 spiro atoms. The Bertz CT molecular complexity index is 1150. The molecule has 2 amide bonds. The Labute approximate surface area is 205 Å². The molecule has 1 N–H and O–H groups in total. The summed E-state index contributed by atoms with van der Waals surface area (Å²) in [5, 5.41) is 2.81. The summed E-state index contributed by atoms with van der Waals surface area (Å²) in [4.78, 5) is 27.5. The summed E-state index contributed by atoms with van der Waals surface area (Å²) < 4.78 is 5.78. The van der Waals surface area contributed by atoms with Gasteiger partial charge in [0.05, 0.1) is 18.0 Å². The second kappa shape index (κ2) is 11.3. The molecule has 0 radical (unpaired) electrons. The quantitative estimate of drug-likeness (QED) is 0.387. The van der Waals surface area contributed by atoms with Crippen LogP contribution in [0.15, 0.2) is 72.8 Å². The molecule has 34 heavy (non-hydrogen) atoms. The van der Waals surface area contributed by atoms with Crippen molar-refractivity contribution in [1.29, 1.82) is 0 Å². The van der Waals surface area contributed by atoms with Crippen molar-refractivity contribution >= 4 is 35.0 Å². The molecule has 1 aliphatic heterocycles. The number of unbranched alkanes of at least 4 members (excludes halogenated alkanes) is 1. The van der Waals surface area contributed by atoms with Gasteiger partial charge in [0.2, 0.25) is 5.91 Å². The molecule has 1 saturated heterocycles. The van der Waals surface area contributed by atoms with Crippen LogP contribution in [0.3, 0.4) is 0 Å². The number of hydrogen-bond acceptors (Lipinski definition) is 4. The Kier molecular flexibility index (Phi) is 7.91. The molecule has 0 aromatic heterocycles. The summed E-state index contributed by atoms with van der Waals surface area (Å²) in [5.74, 6) is 0.983. The van der Waals surface area contributed by atoms with Crippen LogP contribution in [0.4, 0.5) is 11.4 Å². The molecular formula is C28H30N2O3S. The fraction of sp³-hybridized carbons (Fsp3) is 0.286. The molecule has 5 nitrogen and oxygen atoms in total. The summed E-state index contributed by atoms with van der Waals surface area (Å²) in [6, 6.07) is 23.1. The van der Waals surface area contributed by atoms with E-state index in [0.29, 0.717) is 29.4 Å². The van der Waals surface area contributed by atoms with E-state index < -0.39 is 0 Å². The summed E-state index contributed by atoms with van der Waals surface area (Å²) >= 11 is 1.57. The van der Waals surface area contributed by atoms with Gasteiger partial charge in [0.15, 0.2) is 0 Å². The molecule has 0 unspecified atom stereocenters. The fourth-order valence-corrected chi connectivity index (χ4v) is 5.20. The molecule has 6 heteroatoms. The molecule has 1 heterocycles. The maximum atomic E-state index is 12.8. The number of hydrogen-bond donors (Lipinski definition) is 1. The van der Waals surface area contributed by atoms with E-state index in [1.54, 1.807) is 16.7 Å². The van der Waals surface area contributed by atoms with Gasteiger partial charge in [-0.3, -0.25) is 14.5 Å². The highest BCUT2D eigenvalue weighted by Crippen LogP contribution is 2.45. The number of thioether (sulfide) groups is 1. The van der Waals surface area contributed by atoms with Gasteiger partial charge in [-0.05, 0) is 67.3 Å². The van der Waals surface area contributed by atoms with Crippen molar-refractivity contribution in [3.8, 4) is 5.75 Å². The first-order chi connectivity index (χ1) is 16.6. The van der Waals surface area contributed by atoms with Gasteiger partial charge >= 0.3 is 0 Å². The van der Waals surface area contributed by atoms with Gasteiger partial charge in [0.1, 0.15) is 11.1 Å². The fourth-order valence-electron chi connectivity index (χ4n) is 4.04. The largest absolute Gasteiger partial charge is 0.492 e. The lowest BCUT2D eigenvalue weighted by atomic mass is 10.1. The highest BCUT2D eigenvalue weighted by Gasteiger charge is 2.35. The third-order valence-electron chi connectivity index (χ3n) is 5.76. The molecule has 1 atom stereocenters. The van der Waals surface area contributed by atoms with Crippen LogP contribution in [-0.4, -0.2) is 24.2 Å². The molecule has 3 aromatic rings. The van der Waals surface area contributed by atoms with Crippen LogP contribution in [0.25, 0.3) is 0 Å². The first-order valence-electron chi connectivity index (χ1n) is 11.8. The molecule has 176 valence electrons. The van der Waals surface area contributed by atoms with E-state index in [4.69, 9.17) is 4.74 Å². The number of rotatable bonds is 9. The molecular weight excluding hydrogens is 444 g/mol. The number of nitrogens with one attached hydrogen (secondary N) is 1. The number of aryl methyl sites for hydroxylation is 1. The van der Waals surface area contributed by atoms with E-state index in [2.05, 4.69) is 12.2 Å². The SMILES string of the molecule is CCCCc1ccc(C(=O)Nc2cccc([C@@H]3SCC(=O)N3c3ccccc3OCC)c2)cc1. The van der Waals surface area contributed by atoms with E-state index in [-0.39, 0.29) is 17.2 Å². The lowest BCUT2D eigenvalue weighted by Crippen LogP contribution is -2.28. The molecule has 1 aliphatic rings. The number of nitrogens with zero attached hydrogens (tertiary/aromatic N) is 1. The average molecular weight is 475 g/mol. The smallest absolute Gasteiger partial charge is 0.255 e. The van der Waals surface area contributed by atoms with Crippen LogP contribution in [0.2, 0.25) is 0 Å². The van der Waals surface area contributed by atoms with Gasteiger partial charge in [-0.1, -0.05) is 49.7 Å². The predicted molar refractivity (Wildman–Crippen MR) is 140 cm³/mol. The highest BCUT2D eigenvalue weighted by atomic mass is 32.2. The summed E-state index contributed by atoms with van der Waals surface area (Å²) in [6.45, 7) is 4.63. The number of carbonyl (C=O) groups excluding carboxylic acids is 2. The summed E-state index contributed by atoms with van der Waals surface area (Å²) in [6.07, 6.45) is 3.32. The molecule has 4 rings (SSSR count). The first kappa shape index (κ1) is 23.9. The average Bonchev–Trinajstić information content (AvgIpc) is 3.25. The van der Waals surface area contributed by atoms with Gasteiger partial charge < -0.3 is 10.1 Å². The number of carbonyl (C=O) groups is 2. The van der Waals surface area contributed by atoms with Gasteiger partial charge in [0.25, 0.3) is 5.91 Å². The Morgan fingerprint density at radius 1 is 1.06 bits per heavy atom. The lowest BCUT2D eigenvalue weighted by Gasteiger charge is -2.26. The predicted octanol–water partition coefficient (Wildman–Crippen LogP) is 6.46. The number of benzene rings is 3. The second-order valence-corrected chi connectivity index (χ2v) is 9.28. The Morgan fingerprint density at radius 2 is 1.85 bits per heavy atom. The van der Waals surface area contributed by atoms with Crippen molar-refractivity contribution in [2.75, 3.05) is 22.6 Å². The van der Waals surface area contributed by atoms with E-state index in [9.17, 15) is 9.59 Å². The first-order valence-corrected chi connectivity index (χ1v) is 12.8. The maximum Gasteiger partial charge on any atom is 0.255 e. The molecule has 0 aliphatic carbocycles. The van der Waals surface area contributed by atoms with E-state index in [0.717, 1.165) is 30.5 Å². The maximum absolute atomic E-state index is 12.8. The summed E-state index contributed by atoms with van der Waals surface area (Å²) in [7, 11) is 0. The van der Waals surface area contributed by atoms with Crippen LogP contribution < -0.4 is 15.0 Å². The van der Waals surface area contributed by atoms with Crippen molar-refractivity contribution in [1.82, 2.24) is 0 Å². The van der Waals surface area contributed by atoms with Crippen LogP contribution in [0.5, 0.6) is 5.75 Å². The van der Waals surface area contributed by atoms with Gasteiger partial charge in [-0.25, -0.2) is 0 Å². The lowest BCUT2D eigenvalue weighted by molar-refractivity contribution is -0.115. The molecule has 1 fully saturated rings. The van der Waals surface area contributed by atoms with Crippen LogP contribution in [0, 0.1) is 0 Å². The van der Waals surface area contributed by atoms with Crippen molar-refractivity contribution in [3.63, 3.8) is 0 Å². The minimum atomic E-state index is -0.191. The highest BCUT2D eigenvalue weighted by molar-refractivity contribution is 8.00. The van der Waals surface area contributed by atoms with Crippen molar-refractivity contribution in [2.45, 2.75) is 38.5 Å². The van der Waals surface area contributed by atoms with Gasteiger partial charge in [-0.2, -0.15) is 0 Å². The van der Waals surface area contributed by atoms with Crippen molar-refractivity contribution in [3.05, 3.63) is 89.5 Å². The third kappa shape index (κ3) is 5.45. The number of amides is 2. The van der Waals surface area contributed by atoms with Crippen molar-refractivity contribution < 1.29 is 14.3 Å². The Morgan fingerprint density at radius 3 is 2.62 bits per heavy atom. The van der Waals surface area contributed by atoms with Crippen LogP contribution in [-0.2, 0) is 11.2 Å². The minimum Gasteiger partial charge on any atom is -0.492 e. The minimum absolute atomic E-state index is 0.0414. The van der Waals surface area contributed by atoms with Crippen LogP contribution >= 0.6 is 11.8 Å². The third-order valence-corrected chi connectivity index (χ3v) is 6.97. The van der Waals surface area contributed by atoms with E-state index in [1.807, 2.05) is 79.7 Å². The van der Waals surface area contributed by atoms with Crippen LogP contribution in [0.1, 0.15) is 53.5 Å². The number of ether oxygens (including phenoxy) is 1. The van der Waals surface area contributed by atoms with E-state index >= 15 is 0 Å². The molecule has 3 aromatic carbocycles. The number of anilines is 2. The zero-order valence-corrected chi connectivity index (χ0v) is 20.4. The van der Waals surface area contributed by atoms with E-state index in [1.165, 1.54) is 5.56 Å². The zero-order valence-electron chi connectivity index (χ0n) is 19.6. The molecule has 0 saturated carbocycles. The van der Waals surface area contributed by atoms with Gasteiger partial charge in [0, 0.05) is 11.3 Å². The topological polar surface area (TPSA) is 58.6 Å². The van der Waals surface area contributed by atoms with Crippen molar-refractivity contribution in [2.24, 2.45) is 0 Å². The zero-order chi connectivity index (χ0) is 23.9. The standard InChI is InChI=1S/C28H30N2O3S/c1-3-5-9-20-14-16-21(17-15-20)27(32)29-23-11-8-10-22(18-23)28-30(26(31)19-34-28)24-12-6-7-13-25(24)33-4-2/h6-8,10-18,28H,3-5,9,19H2,1-2H3,(H,29,32)/t28-/m0/s1.